The van der Waals surface area contributed by atoms with Crippen LogP contribution in [0.2, 0.25) is 0 Å². The van der Waals surface area contributed by atoms with Gasteiger partial charge in [0, 0.05) is 6.54 Å². The van der Waals surface area contributed by atoms with Gasteiger partial charge in [-0.2, -0.15) is 11.8 Å². The van der Waals surface area contributed by atoms with Gasteiger partial charge in [0.05, 0.1) is 11.8 Å². The van der Waals surface area contributed by atoms with Crippen LogP contribution in [-0.2, 0) is 14.4 Å². The molecular formula is C18H30N2O3S. The number of nitrogens with one attached hydrogen (secondary N) is 1. The van der Waals surface area contributed by atoms with Gasteiger partial charge in [-0.3, -0.25) is 19.3 Å². The van der Waals surface area contributed by atoms with Crippen LogP contribution in [0.5, 0.6) is 0 Å². The van der Waals surface area contributed by atoms with E-state index in [0.29, 0.717) is 13.0 Å². The van der Waals surface area contributed by atoms with Gasteiger partial charge in [0.25, 0.3) is 0 Å². The molecule has 24 heavy (non-hydrogen) atoms. The number of carbonyl (C=O) groups excluding carboxylic acids is 3. The molecule has 0 radical (unpaired) electrons. The zero-order chi connectivity index (χ0) is 17.5. The van der Waals surface area contributed by atoms with Crippen LogP contribution in [0.4, 0.5) is 0 Å². The van der Waals surface area contributed by atoms with Crippen molar-refractivity contribution in [3.63, 3.8) is 0 Å². The quantitative estimate of drug-likeness (QED) is 0.510. The highest BCUT2D eigenvalue weighted by Crippen LogP contribution is 2.39. The van der Waals surface area contributed by atoms with Gasteiger partial charge in [-0.25, -0.2) is 0 Å². The minimum atomic E-state index is -0.635. The molecule has 136 valence electrons. The lowest BCUT2D eigenvalue weighted by Crippen LogP contribution is -2.50. The van der Waals surface area contributed by atoms with E-state index in [0.717, 1.165) is 50.7 Å². The maximum absolute atomic E-state index is 12.8. The molecule has 2 aliphatic rings. The standard InChI is InChI=1S/C18H30N2O3S/c1-3-4-7-11-19-16(21)15(10-12-24-2)20-17(22)13-8-5-6-9-14(13)18(20)23/h13-15H,3-12H2,1-2H3,(H,19,21). The normalized spacial score (nSPS) is 24.8. The third-order valence-corrected chi connectivity index (χ3v) is 5.81. The average Bonchev–Trinajstić information content (AvgIpc) is 2.84. The van der Waals surface area contributed by atoms with Crippen LogP contribution in [0.15, 0.2) is 0 Å². The summed E-state index contributed by atoms with van der Waals surface area (Å²) in [5.41, 5.74) is 0. The number of hydrogen-bond acceptors (Lipinski definition) is 4. The molecule has 3 unspecified atom stereocenters. The maximum Gasteiger partial charge on any atom is 0.243 e. The van der Waals surface area contributed by atoms with E-state index >= 15 is 0 Å². The summed E-state index contributed by atoms with van der Waals surface area (Å²) in [5.74, 6) is 0.00534. The number of likely N-dealkylation sites (tertiary alicyclic amines) is 1. The van der Waals surface area contributed by atoms with Crippen molar-refractivity contribution in [2.75, 3.05) is 18.6 Å². The van der Waals surface area contributed by atoms with Crippen molar-refractivity contribution in [3.05, 3.63) is 0 Å². The Hall–Kier alpha value is -1.04. The van der Waals surface area contributed by atoms with E-state index in [9.17, 15) is 14.4 Å². The van der Waals surface area contributed by atoms with Gasteiger partial charge in [-0.05, 0) is 37.7 Å². The van der Waals surface area contributed by atoms with Gasteiger partial charge in [0.1, 0.15) is 6.04 Å². The molecule has 0 bridgehead atoms. The Bertz CT molecular complexity index is 445. The van der Waals surface area contributed by atoms with Gasteiger partial charge in [0.2, 0.25) is 17.7 Å². The number of fused-ring (bicyclic) bond motifs is 1. The van der Waals surface area contributed by atoms with E-state index < -0.39 is 6.04 Å². The summed E-state index contributed by atoms with van der Waals surface area (Å²) in [4.78, 5) is 39.4. The zero-order valence-corrected chi connectivity index (χ0v) is 15.7. The molecule has 2 fully saturated rings. The van der Waals surface area contributed by atoms with Crippen LogP contribution in [0, 0.1) is 11.8 Å². The summed E-state index contributed by atoms with van der Waals surface area (Å²) in [7, 11) is 0. The molecule has 1 saturated heterocycles. The maximum atomic E-state index is 12.8. The van der Waals surface area contributed by atoms with Gasteiger partial charge >= 0.3 is 0 Å². The fraction of sp³-hybridized carbons (Fsp3) is 0.833. The highest BCUT2D eigenvalue weighted by molar-refractivity contribution is 7.98. The lowest BCUT2D eigenvalue weighted by atomic mass is 9.81. The molecule has 1 N–H and O–H groups in total. The lowest BCUT2D eigenvalue weighted by molar-refractivity contribution is -0.148. The van der Waals surface area contributed by atoms with E-state index in [1.54, 1.807) is 11.8 Å². The third kappa shape index (κ3) is 4.32. The second kappa shape index (κ2) is 9.44. The number of nitrogens with zero attached hydrogens (tertiary/aromatic N) is 1. The Labute approximate surface area is 149 Å². The number of rotatable bonds is 9. The van der Waals surface area contributed by atoms with Crippen molar-refractivity contribution in [1.29, 1.82) is 0 Å². The topological polar surface area (TPSA) is 66.5 Å². The first-order valence-corrected chi connectivity index (χ1v) is 10.6. The Morgan fingerprint density at radius 3 is 2.38 bits per heavy atom. The first-order chi connectivity index (χ1) is 11.6. The smallest absolute Gasteiger partial charge is 0.243 e. The van der Waals surface area contributed by atoms with Crippen molar-refractivity contribution in [1.82, 2.24) is 10.2 Å². The lowest BCUT2D eigenvalue weighted by Gasteiger charge is -2.25. The van der Waals surface area contributed by atoms with Crippen molar-refractivity contribution in [3.8, 4) is 0 Å². The monoisotopic (exact) mass is 354 g/mol. The molecule has 0 aromatic rings. The number of carbonyl (C=O) groups is 3. The van der Waals surface area contributed by atoms with Gasteiger partial charge in [0.15, 0.2) is 0 Å². The van der Waals surface area contributed by atoms with Crippen LogP contribution < -0.4 is 5.32 Å². The fourth-order valence-corrected chi connectivity index (χ4v) is 4.27. The van der Waals surface area contributed by atoms with Crippen LogP contribution in [0.25, 0.3) is 0 Å². The molecule has 3 atom stereocenters. The zero-order valence-electron chi connectivity index (χ0n) is 14.9. The first-order valence-electron chi connectivity index (χ1n) is 9.25. The summed E-state index contributed by atoms with van der Waals surface area (Å²) in [6, 6.07) is -0.635. The molecule has 0 aromatic heterocycles. The minimum Gasteiger partial charge on any atom is -0.354 e. The summed E-state index contributed by atoms with van der Waals surface area (Å²) < 4.78 is 0. The molecule has 1 heterocycles. The highest BCUT2D eigenvalue weighted by atomic mass is 32.2. The Kier molecular flexibility index (Phi) is 7.59. The summed E-state index contributed by atoms with van der Waals surface area (Å²) in [6.45, 7) is 2.73. The molecule has 0 aromatic carbocycles. The van der Waals surface area contributed by atoms with E-state index in [1.165, 1.54) is 4.90 Å². The molecule has 1 aliphatic carbocycles. The molecular weight excluding hydrogens is 324 g/mol. The number of unbranched alkanes of at least 4 members (excludes halogenated alkanes) is 2. The van der Waals surface area contributed by atoms with Crippen molar-refractivity contribution < 1.29 is 14.4 Å². The minimum absolute atomic E-state index is 0.112. The largest absolute Gasteiger partial charge is 0.354 e. The van der Waals surface area contributed by atoms with E-state index in [4.69, 9.17) is 0 Å². The third-order valence-electron chi connectivity index (χ3n) is 5.16. The number of thioether (sulfide) groups is 1. The van der Waals surface area contributed by atoms with Crippen molar-refractivity contribution in [2.24, 2.45) is 11.8 Å². The van der Waals surface area contributed by atoms with Crippen LogP contribution >= 0.6 is 11.8 Å². The van der Waals surface area contributed by atoms with Crippen LogP contribution in [-0.4, -0.2) is 47.2 Å². The van der Waals surface area contributed by atoms with E-state index in [1.807, 2.05) is 6.26 Å². The van der Waals surface area contributed by atoms with Gasteiger partial charge < -0.3 is 5.32 Å². The highest BCUT2D eigenvalue weighted by Gasteiger charge is 2.51. The molecule has 1 aliphatic heterocycles. The first kappa shape index (κ1) is 19.3. The summed E-state index contributed by atoms with van der Waals surface area (Å²) in [5, 5.41) is 2.93. The fourth-order valence-electron chi connectivity index (χ4n) is 3.81. The Morgan fingerprint density at radius 1 is 1.21 bits per heavy atom. The second-order valence-electron chi connectivity index (χ2n) is 6.84. The van der Waals surface area contributed by atoms with Crippen molar-refractivity contribution in [2.45, 2.75) is 64.3 Å². The Balaban J connectivity index is 2.07. The summed E-state index contributed by atoms with van der Waals surface area (Å²) >= 11 is 1.64. The molecule has 6 heteroatoms. The van der Waals surface area contributed by atoms with Crippen LogP contribution in [0.1, 0.15) is 58.3 Å². The average molecular weight is 355 g/mol. The van der Waals surface area contributed by atoms with Crippen LogP contribution in [0.3, 0.4) is 0 Å². The van der Waals surface area contributed by atoms with E-state index in [2.05, 4.69) is 12.2 Å². The predicted octanol–water partition coefficient (Wildman–Crippen LogP) is 2.59. The molecule has 5 nitrogen and oxygen atoms in total. The summed E-state index contributed by atoms with van der Waals surface area (Å²) in [6.07, 6.45) is 9.21. The number of imide groups is 1. The van der Waals surface area contributed by atoms with Crippen molar-refractivity contribution >= 4 is 29.5 Å². The molecule has 2 rings (SSSR count). The number of hydrogen-bond donors (Lipinski definition) is 1. The van der Waals surface area contributed by atoms with Gasteiger partial charge in [-0.1, -0.05) is 32.6 Å². The number of amides is 3. The molecule has 0 spiro atoms. The molecule has 3 amide bonds. The Morgan fingerprint density at radius 2 is 1.83 bits per heavy atom. The SMILES string of the molecule is CCCCCNC(=O)C(CCSC)N1C(=O)C2CCCCC2C1=O. The molecule has 1 saturated carbocycles. The van der Waals surface area contributed by atoms with E-state index in [-0.39, 0.29) is 29.6 Å². The predicted molar refractivity (Wildman–Crippen MR) is 96.6 cm³/mol. The second-order valence-corrected chi connectivity index (χ2v) is 7.82. The van der Waals surface area contributed by atoms with Gasteiger partial charge in [-0.15, -0.1) is 0 Å².